The van der Waals surface area contributed by atoms with Gasteiger partial charge in [-0.3, -0.25) is 14.9 Å². The number of imide groups is 2. The zero-order valence-electron chi connectivity index (χ0n) is 20.1. The van der Waals surface area contributed by atoms with Crippen molar-refractivity contribution in [2.75, 3.05) is 18.6 Å². The van der Waals surface area contributed by atoms with Gasteiger partial charge in [0.1, 0.15) is 11.3 Å². The van der Waals surface area contributed by atoms with Crippen LogP contribution in [0.5, 0.6) is 5.75 Å². The molecule has 1 aliphatic rings. The van der Waals surface area contributed by atoms with Gasteiger partial charge in [-0.15, -0.1) is 0 Å². The van der Waals surface area contributed by atoms with Gasteiger partial charge in [-0.1, -0.05) is 41.9 Å². The minimum Gasteiger partial charge on any atom is -0.494 e. The van der Waals surface area contributed by atoms with Crippen LogP contribution in [0.25, 0.3) is 6.08 Å². The number of hydrogen-bond acceptors (Lipinski definition) is 6. The molecule has 4 rings (SSSR count). The maximum Gasteiger partial charge on any atom is 0.337 e. The topological polar surface area (TPSA) is 102 Å². The molecule has 4 amide bonds. The van der Waals surface area contributed by atoms with Gasteiger partial charge in [0.15, 0.2) is 0 Å². The Kier molecular flexibility index (Phi) is 7.69. The summed E-state index contributed by atoms with van der Waals surface area (Å²) in [6.45, 7) is 2.27. The number of anilines is 1. The first-order valence-electron chi connectivity index (χ1n) is 11.4. The lowest BCUT2D eigenvalue weighted by Crippen LogP contribution is -2.54. The first kappa shape index (κ1) is 25.7. The highest BCUT2D eigenvalue weighted by Crippen LogP contribution is 2.28. The molecule has 8 nitrogen and oxygen atoms in total. The zero-order valence-corrected chi connectivity index (χ0v) is 20.9. The molecule has 37 heavy (non-hydrogen) atoms. The minimum atomic E-state index is -0.886. The van der Waals surface area contributed by atoms with Crippen molar-refractivity contribution in [2.24, 2.45) is 0 Å². The van der Waals surface area contributed by atoms with E-state index in [1.807, 2.05) is 37.3 Å². The predicted octanol–water partition coefficient (Wildman–Crippen LogP) is 4.78. The van der Waals surface area contributed by atoms with Crippen LogP contribution in [-0.4, -0.2) is 37.5 Å². The molecular weight excluding hydrogens is 496 g/mol. The Morgan fingerprint density at radius 2 is 1.73 bits per heavy atom. The molecule has 0 bridgehead atoms. The van der Waals surface area contributed by atoms with Crippen LogP contribution in [-0.2, 0) is 20.7 Å². The number of esters is 1. The monoisotopic (exact) mass is 518 g/mol. The van der Waals surface area contributed by atoms with Crippen LogP contribution >= 0.6 is 11.6 Å². The van der Waals surface area contributed by atoms with E-state index in [0.717, 1.165) is 16.0 Å². The maximum absolute atomic E-state index is 13.2. The maximum atomic E-state index is 13.2. The van der Waals surface area contributed by atoms with E-state index in [0.29, 0.717) is 29.4 Å². The Morgan fingerprint density at radius 1 is 1.00 bits per heavy atom. The first-order valence-corrected chi connectivity index (χ1v) is 11.8. The van der Waals surface area contributed by atoms with Gasteiger partial charge in [0, 0.05) is 11.4 Å². The highest BCUT2D eigenvalue weighted by molar-refractivity contribution is 6.39. The fourth-order valence-corrected chi connectivity index (χ4v) is 4.07. The number of rotatable bonds is 7. The van der Waals surface area contributed by atoms with E-state index in [9.17, 15) is 19.2 Å². The van der Waals surface area contributed by atoms with Gasteiger partial charge in [0.2, 0.25) is 0 Å². The van der Waals surface area contributed by atoms with Gasteiger partial charge in [0.25, 0.3) is 11.8 Å². The number of ether oxygens (including phenoxy) is 2. The van der Waals surface area contributed by atoms with Crippen molar-refractivity contribution in [1.82, 2.24) is 5.32 Å². The predicted molar refractivity (Wildman–Crippen MR) is 139 cm³/mol. The number of nitrogens with one attached hydrogen (secondary N) is 1. The highest BCUT2D eigenvalue weighted by atomic mass is 35.5. The lowest BCUT2D eigenvalue weighted by Gasteiger charge is -2.26. The molecule has 9 heteroatoms. The smallest absolute Gasteiger partial charge is 0.337 e. The molecule has 0 saturated carbocycles. The fourth-order valence-electron chi connectivity index (χ4n) is 3.87. The molecule has 0 unspecified atom stereocenters. The second-order valence-corrected chi connectivity index (χ2v) is 8.47. The number of benzene rings is 3. The van der Waals surface area contributed by atoms with Gasteiger partial charge < -0.3 is 9.47 Å². The third-order valence-electron chi connectivity index (χ3n) is 5.69. The summed E-state index contributed by atoms with van der Waals surface area (Å²) in [6, 6.07) is 17.7. The van der Waals surface area contributed by atoms with E-state index < -0.39 is 23.8 Å². The molecular formula is C28H23ClN2O6. The Balaban J connectivity index is 1.65. The summed E-state index contributed by atoms with van der Waals surface area (Å²) in [5.74, 6) is -1.57. The molecule has 3 aromatic carbocycles. The van der Waals surface area contributed by atoms with Crippen LogP contribution in [0, 0.1) is 0 Å². The van der Waals surface area contributed by atoms with Gasteiger partial charge in [-0.2, -0.15) is 0 Å². The van der Waals surface area contributed by atoms with Crippen molar-refractivity contribution in [1.29, 1.82) is 0 Å². The lowest BCUT2D eigenvalue weighted by atomic mass is 10.0. The summed E-state index contributed by atoms with van der Waals surface area (Å²) in [5, 5.41) is 2.83. The molecule has 0 atom stereocenters. The SMILES string of the molecule is CCOc1cc(/C=C2\C(=O)NC(=O)N(c3ccc(C(=O)OC)cc3)C2=O)ccc1Cc1ccccc1Cl. The number of methoxy groups -OCH3 is 1. The van der Waals surface area contributed by atoms with Crippen LogP contribution < -0.4 is 15.0 Å². The van der Waals surface area contributed by atoms with Crippen molar-refractivity contribution in [3.8, 4) is 5.75 Å². The largest absolute Gasteiger partial charge is 0.494 e. The van der Waals surface area contributed by atoms with Crippen LogP contribution in [0.2, 0.25) is 5.02 Å². The Hall–Kier alpha value is -4.43. The molecule has 0 aliphatic carbocycles. The van der Waals surface area contributed by atoms with E-state index in [1.165, 1.54) is 37.5 Å². The van der Waals surface area contributed by atoms with Gasteiger partial charge in [0.05, 0.1) is 25.0 Å². The van der Waals surface area contributed by atoms with Gasteiger partial charge >= 0.3 is 12.0 Å². The lowest BCUT2D eigenvalue weighted by molar-refractivity contribution is -0.122. The van der Waals surface area contributed by atoms with Gasteiger partial charge in [-0.25, -0.2) is 14.5 Å². The zero-order chi connectivity index (χ0) is 26.5. The number of nitrogens with zero attached hydrogens (tertiary/aromatic N) is 1. The van der Waals surface area contributed by atoms with Crippen molar-refractivity contribution < 1.29 is 28.7 Å². The Bertz CT molecular complexity index is 1410. The molecule has 1 aliphatic heterocycles. The van der Waals surface area contributed by atoms with Crippen LogP contribution in [0.4, 0.5) is 10.5 Å². The average molecular weight is 519 g/mol. The number of urea groups is 1. The Labute approximate surface area is 218 Å². The van der Waals surface area contributed by atoms with Gasteiger partial charge in [-0.05, 0) is 66.1 Å². The third-order valence-corrected chi connectivity index (χ3v) is 6.06. The normalized spacial score (nSPS) is 14.5. The van der Waals surface area contributed by atoms with E-state index in [2.05, 4.69) is 10.1 Å². The summed E-state index contributed by atoms with van der Waals surface area (Å²) < 4.78 is 10.5. The standard InChI is InChI=1S/C28H23ClN2O6/c1-3-37-24-15-17(8-9-20(24)16-19-6-4-5-7-23(19)29)14-22-25(32)30-28(35)31(26(22)33)21-12-10-18(11-13-21)27(34)36-2/h4-15H,3,16H2,1-2H3,(H,30,32,35)/b22-14+. The summed E-state index contributed by atoms with van der Waals surface area (Å²) >= 11 is 6.32. The van der Waals surface area contributed by atoms with Crippen LogP contribution in [0.1, 0.15) is 34.0 Å². The molecule has 0 radical (unpaired) electrons. The molecule has 1 saturated heterocycles. The molecule has 0 aromatic heterocycles. The second-order valence-electron chi connectivity index (χ2n) is 8.06. The van der Waals surface area contributed by atoms with Crippen LogP contribution in [0.15, 0.2) is 72.3 Å². The fraction of sp³-hybridized carbons (Fsp3) is 0.143. The average Bonchev–Trinajstić information content (AvgIpc) is 2.89. The number of amides is 4. The van der Waals surface area contributed by atoms with Crippen molar-refractivity contribution in [2.45, 2.75) is 13.3 Å². The van der Waals surface area contributed by atoms with E-state index in [4.69, 9.17) is 16.3 Å². The summed E-state index contributed by atoms with van der Waals surface area (Å²) in [7, 11) is 1.25. The minimum absolute atomic E-state index is 0.193. The van der Waals surface area contributed by atoms with Crippen molar-refractivity contribution in [3.63, 3.8) is 0 Å². The second kappa shape index (κ2) is 11.1. The molecule has 1 heterocycles. The summed E-state index contributed by atoms with van der Waals surface area (Å²) in [4.78, 5) is 50.8. The number of carbonyl (C=O) groups is 4. The number of halogens is 1. The quantitative estimate of drug-likeness (QED) is 0.274. The van der Waals surface area contributed by atoms with E-state index in [-0.39, 0.29) is 16.8 Å². The molecule has 1 N–H and O–H groups in total. The Morgan fingerprint density at radius 3 is 2.41 bits per heavy atom. The highest BCUT2D eigenvalue weighted by Gasteiger charge is 2.36. The number of hydrogen-bond donors (Lipinski definition) is 1. The van der Waals surface area contributed by atoms with Crippen molar-refractivity contribution >= 4 is 47.2 Å². The number of barbiturate groups is 1. The van der Waals surface area contributed by atoms with Crippen LogP contribution in [0.3, 0.4) is 0 Å². The third kappa shape index (κ3) is 5.54. The summed E-state index contributed by atoms with van der Waals surface area (Å²) in [6.07, 6.45) is 1.94. The van der Waals surface area contributed by atoms with E-state index >= 15 is 0 Å². The van der Waals surface area contributed by atoms with Crippen molar-refractivity contribution in [3.05, 3.63) is 99.6 Å². The molecule has 3 aromatic rings. The number of carbonyl (C=O) groups excluding carboxylic acids is 4. The summed E-state index contributed by atoms with van der Waals surface area (Å²) in [5.41, 5.74) is 2.59. The molecule has 1 fully saturated rings. The molecule has 0 spiro atoms. The van der Waals surface area contributed by atoms with E-state index in [1.54, 1.807) is 12.1 Å². The molecule has 188 valence electrons. The first-order chi connectivity index (χ1) is 17.8.